The standard InChI is InChI=1S/C26H29N3O4S/c1-20-12-13-23(18-24(20)34(31,32)29-14-16-33-17-15-29)28-25(30)19-27-26(21-8-4-2-5-9-21)22-10-6-3-7-11-22/h2-13,18,26-27H,14-17,19H2,1H3,(H,28,30). The van der Waals surface area contributed by atoms with Gasteiger partial charge in [-0.3, -0.25) is 10.1 Å². The van der Waals surface area contributed by atoms with Gasteiger partial charge in [-0.15, -0.1) is 0 Å². The van der Waals surface area contributed by atoms with Crippen molar-refractivity contribution in [3.05, 3.63) is 95.6 Å². The van der Waals surface area contributed by atoms with Gasteiger partial charge in [0.05, 0.1) is 30.7 Å². The van der Waals surface area contributed by atoms with Gasteiger partial charge >= 0.3 is 0 Å². The molecule has 2 N–H and O–H groups in total. The SMILES string of the molecule is Cc1ccc(NC(=O)CNC(c2ccccc2)c2ccccc2)cc1S(=O)(=O)N1CCOCC1. The van der Waals surface area contributed by atoms with Crippen molar-refractivity contribution >= 4 is 21.6 Å². The highest BCUT2D eigenvalue weighted by molar-refractivity contribution is 7.89. The fourth-order valence-electron chi connectivity index (χ4n) is 4.00. The van der Waals surface area contributed by atoms with E-state index in [0.29, 0.717) is 37.6 Å². The van der Waals surface area contributed by atoms with Gasteiger partial charge in [0.2, 0.25) is 15.9 Å². The van der Waals surface area contributed by atoms with E-state index in [4.69, 9.17) is 4.74 Å². The molecule has 0 aromatic heterocycles. The summed E-state index contributed by atoms with van der Waals surface area (Å²) in [4.78, 5) is 13.0. The fourth-order valence-corrected chi connectivity index (χ4v) is 5.66. The molecule has 3 aromatic carbocycles. The maximum atomic E-state index is 13.1. The Hall–Kier alpha value is -3.04. The van der Waals surface area contributed by atoms with Crippen molar-refractivity contribution in [2.24, 2.45) is 0 Å². The van der Waals surface area contributed by atoms with Gasteiger partial charge in [0.15, 0.2) is 0 Å². The van der Waals surface area contributed by atoms with E-state index >= 15 is 0 Å². The summed E-state index contributed by atoms with van der Waals surface area (Å²) in [6.45, 7) is 3.22. The molecule has 3 aromatic rings. The number of amides is 1. The van der Waals surface area contributed by atoms with E-state index in [-0.39, 0.29) is 23.4 Å². The van der Waals surface area contributed by atoms with Crippen molar-refractivity contribution < 1.29 is 17.9 Å². The molecule has 1 saturated heterocycles. The van der Waals surface area contributed by atoms with Crippen LogP contribution in [0.15, 0.2) is 83.8 Å². The Kier molecular flexibility index (Phi) is 7.74. The summed E-state index contributed by atoms with van der Waals surface area (Å²) in [6.07, 6.45) is 0. The van der Waals surface area contributed by atoms with Crippen LogP contribution in [-0.4, -0.2) is 51.5 Å². The summed E-state index contributed by atoms with van der Waals surface area (Å²) in [6, 6.07) is 24.7. The number of hydrogen-bond donors (Lipinski definition) is 2. The van der Waals surface area contributed by atoms with Crippen molar-refractivity contribution in [1.82, 2.24) is 9.62 Å². The summed E-state index contributed by atoms with van der Waals surface area (Å²) in [5.41, 5.74) is 3.18. The van der Waals surface area contributed by atoms with E-state index in [1.807, 2.05) is 60.7 Å². The number of hydrogen-bond acceptors (Lipinski definition) is 5. The van der Waals surface area contributed by atoms with Crippen LogP contribution in [0.4, 0.5) is 5.69 Å². The lowest BCUT2D eigenvalue weighted by Gasteiger charge is -2.27. The number of nitrogens with one attached hydrogen (secondary N) is 2. The quantitative estimate of drug-likeness (QED) is 0.518. The van der Waals surface area contributed by atoms with Gasteiger partial charge in [-0.25, -0.2) is 8.42 Å². The largest absolute Gasteiger partial charge is 0.379 e. The molecule has 178 valence electrons. The number of sulfonamides is 1. The van der Waals surface area contributed by atoms with Crippen molar-refractivity contribution in [3.8, 4) is 0 Å². The number of anilines is 1. The smallest absolute Gasteiger partial charge is 0.243 e. The second-order valence-electron chi connectivity index (χ2n) is 8.18. The van der Waals surface area contributed by atoms with Crippen LogP contribution in [0.5, 0.6) is 0 Å². The molecule has 0 aliphatic carbocycles. The van der Waals surface area contributed by atoms with Crippen molar-refractivity contribution in [2.75, 3.05) is 38.2 Å². The van der Waals surface area contributed by atoms with Crippen molar-refractivity contribution in [2.45, 2.75) is 17.9 Å². The molecule has 1 aliphatic rings. The van der Waals surface area contributed by atoms with Crippen LogP contribution < -0.4 is 10.6 Å². The van der Waals surface area contributed by atoms with E-state index in [0.717, 1.165) is 11.1 Å². The monoisotopic (exact) mass is 479 g/mol. The lowest BCUT2D eigenvalue weighted by molar-refractivity contribution is -0.115. The molecule has 0 unspecified atom stereocenters. The first-order chi connectivity index (χ1) is 16.4. The molecule has 0 saturated carbocycles. The van der Waals surface area contributed by atoms with Gasteiger partial charge in [-0.05, 0) is 35.7 Å². The molecule has 4 rings (SSSR count). The number of carbonyl (C=O) groups excluding carboxylic acids is 1. The summed E-state index contributed by atoms with van der Waals surface area (Å²) >= 11 is 0. The second kappa shape index (κ2) is 10.9. The number of ether oxygens (including phenoxy) is 1. The number of carbonyl (C=O) groups is 1. The van der Waals surface area contributed by atoms with Crippen LogP contribution in [-0.2, 0) is 19.6 Å². The highest BCUT2D eigenvalue weighted by atomic mass is 32.2. The molecular weight excluding hydrogens is 450 g/mol. The van der Waals surface area contributed by atoms with Gasteiger partial charge in [-0.1, -0.05) is 66.7 Å². The highest BCUT2D eigenvalue weighted by Crippen LogP contribution is 2.25. The topological polar surface area (TPSA) is 87.7 Å². The van der Waals surface area contributed by atoms with Crippen LogP contribution in [0.1, 0.15) is 22.7 Å². The molecule has 34 heavy (non-hydrogen) atoms. The zero-order valence-electron chi connectivity index (χ0n) is 19.1. The number of rotatable bonds is 8. The molecular formula is C26H29N3O4S. The maximum Gasteiger partial charge on any atom is 0.243 e. The van der Waals surface area contributed by atoms with Gasteiger partial charge < -0.3 is 10.1 Å². The summed E-state index contributed by atoms with van der Waals surface area (Å²) in [7, 11) is -3.66. The van der Waals surface area contributed by atoms with E-state index in [9.17, 15) is 13.2 Å². The summed E-state index contributed by atoms with van der Waals surface area (Å²) < 4.78 is 32.9. The third-order valence-electron chi connectivity index (χ3n) is 5.79. The number of aryl methyl sites for hydroxylation is 1. The van der Waals surface area contributed by atoms with Crippen LogP contribution in [0.2, 0.25) is 0 Å². The van der Waals surface area contributed by atoms with Crippen LogP contribution in [0, 0.1) is 6.92 Å². The van der Waals surface area contributed by atoms with E-state index in [2.05, 4.69) is 10.6 Å². The lowest BCUT2D eigenvalue weighted by Crippen LogP contribution is -2.40. The average molecular weight is 480 g/mol. The van der Waals surface area contributed by atoms with E-state index in [1.54, 1.807) is 19.1 Å². The third-order valence-corrected chi connectivity index (χ3v) is 7.83. The first-order valence-corrected chi connectivity index (χ1v) is 12.7. The minimum atomic E-state index is -3.66. The number of nitrogens with zero attached hydrogens (tertiary/aromatic N) is 1. The molecule has 0 radical (unpaired) electrons. The first-order valence-electron chi connectivity index (χ1n) is 11.3. The number of benzene rings is 3. The van der Waals surface area contributed by atoms with Crippen LogP contribution >= 0.6 is 0 Å². The number of morpholine rings is 1. The highest BCUT2D eigenvalue weighted by Gasteiger charge is 2.28. The van der Waals surface area contributed by atoms with Crippen molar-refractivity contribution in [1.29, 1.82) is 0 Å². The maximum absolute atomic E-state index is 13.1. The Morgan fingerprint density at radius 1 is 0.941 bits per heavy atom. The molecule has 1 aliphatic heterocycles. The fraction of sp³-hybridized carbons (Fsp3) is 0.269. The Morgan fingerprint density at radius 2 is 1.53 bits per heavy atom. The molecule has 0 bridgehead atoms. The Labute approximate surface area is 200 Å². The Morgan fingerprint density at radius 3 is 2.12 bits per heavy atom. The third kappa shape index (κ3) is 5.71. The molecule has 1 heterocycles. The zero-order chi connectivity index (χ0) is 24.0. The summed E-state index contributed by atoms with van der Waals surface area (Å²) in [5.74, 6) is -0.254. The zero-order valence-corrected chi connectivity index (χ0v) is 19.9. The van der Waals surface area contributed by atoms with Gasteiger partial charge in [0.1, 0.15) is 0 Å². The predicted octanol–water partition coefficient (Wildman–Crippen LogP) is 3.33. The second-order valence-corrected chi connectivity index (χ2v) is 10.1. The van der Waals surface area contributed by atoms with E-state index < -0.39 is 10.0 Å². The van der Waals surface area contributed by atoms with Gasteiger partial charge in [0.25, 0.3) is 0 Å². The van der Waals surface area contributed by atoms with Crippen LogP contribution in [0.25, 0.3) is 0 Å². The lowest BCUT2D eigenvalue weighted by atomic mass is 9.99. The normalized spacial score (nSPS) is 14.8. The molecule has 1 fully saturated rings. The average Bonchev–Trinajstić information content (AvgIpc) is 2.87. The predicted molar refractivity (Wildman–Crippen MR) is 132 cm³/mol. The van der Waals surface area contributed by atoms with E-state index in [1.165, 1.54) is 10.4 Å². The van der Waals surface area contributed by atoms with Crippen molar-refractivity contribution in [3.63, 3.8) is 0 Å². The molecule has 8 heteroatoms. The Balaban J connectivity index is 1.47. The minimum absolute atomic E-state index is 0.0634. The van der Waals surface area contributed by atoms with Gasteiger partial charge in [-0.2, -0.15) is 4.31 Å². The molecule has 1 amide bonds. The minimum Gasteiger partial charge on any atom is -0.379 e. The molecule has 0 atom stereocenters. The molecule has 0 spiro atoms. The van der Waals surface area contributed by atoms with Crippen LogP contribution in [0.3, 0.4) is 0 Å². The molecule has 7 nitrogen and oxygen atoms in total. The Bertz CT molecular complexity index is 1170. The first kappa shape index (κ1) is 24.1. The van der Waals surface area contributed by atoms with Gasteiger partial charge in [0, 0.05) is 18.8 Å². The summed E-state index contributed by atoms with van der Waals surface area (Å²) in [5, 5.41) is 6.16.